The normalized spacial score (nSPS) is 12.6. The van der Waals surface area contributed by atoms with Crippen LogP contribution >= 0.6 is 0 Å². The van der Waals surface area contributed by atoms with Gasteiger partial charge in [0.15, 0.2) is 0 Å². The Morgan fingerprint density at radius 2 is 1.90 bits per heavy atom. The molecule has 0 aromatic heterocycles. The van der Waals surface area contributed by atoms with Crippen molar-refractivity contribution in [1.29, 1.82) is 0 Å². The molecule has 1 atom stereocenters. The van der Waals surface area contributed by atoms with Crippen LogP contribution in [0.3, 0.4) is 0 Å². The molecule has 1 amide bonds. The maximum atomic E-state index is 11.9. The molecule has 0 saturated carbocycles. The second kappa shape index (κ2) is 7.05. The van der Waals surface area contributed by atoms with Crippen molar-refractivity contribution < 1.29 is 14.3 Å². The Kier molecular flexibility index (Phi) is 5.70. The summed E-state index contributed by atoms with van der Waals surface area (Å²) < 4.78 is 5.00. The third kappa shape index (κ3) is 5.01. The van der Waals surface area contributed by atoms with Crippen molar-refractivity contribution in [2.75, 3.05) is 6.61 Å². The van der Waals surface area contributed by atoms with Crippen molar-refractivity contribution in [2.45, 2.75) is 38.8 Å². The Bertz CT molecular complexity index is 452. The highest BCUT2D eigenvalue weighted by Gasteiger charge is 2.28. The van der Waals surface area contributed by atoms with Crippen LogP contribution in [0.5, 0.6) is 0 Å². The molecule has 5 heteroatoms. The number of rotatable bonds is 6. The van der Waals surface area contributed by atoms with Crippen molar-refractivity contribution >= 4 is 11.9 Å². The lowest BCUT2D eigenvalue weighted by atomic mass is 10.0. The molecule has 0 aliphatic heterocycles. The van der Waals surface area contributed by atoms with Crippen LogP contribution in [0, 0.1) is 0 Å². The van der Waals surface area contributed by atoms with Gasteiger partial charge in [0.1, 0.15) is 6.04 Å². The van der Waals surface area contributed by atoms with Gasteiger partial charge in [0.25, 0.3) is 0 Å². The summed E-state index contributed by atoms with van der Waals surface area (Å²) in [5.41, 5.74) is 5.64. The van der Waals surface area contributed by atoms with Gasteiger partial charge in [-0.05, 0) is 26.3 Å². The van der Waals surface area contributed by atoms with E-state index in [-0.39, 0.29) is 12.5 Å². The molecule has 0 heterocycles. The van der Waals surface area contributed by atoms with E-state index in [1.54, 1.807) is 20.8 Å². The molecule has 0 unspecified atom stereocenters. The van der Waals surface area contributed by atoms with Gasteiger partial charge >= 0.3 is 5.97 Å². The van der Waals surface area contributed by atoms with Gasteiger partial charge in [0.2, 0.25) is 5.91 Å². The first-order valence-corrected chi connectivity index (χ1v) is 6.65. The SMILES string of the molecule is CCOC(=O)[C@H](Cc1ccccc1)NC(=O)C(C)(C)N. The predicted molar refractivity (Wildman–Crippen MR) is 77.0 cm³/mol. The molecule has 110 valence electrons. The van der Waals surface area contributed by atoms with Crippen molar-refractivity contribution in [3.63, 3.8) is 0 Å². The molecule has 0 fully saturated rings. The smallest absolute Gasteiger partial charge is 0.328 e. The molecule has 0 bridgehead atoms. The van der Waals surface area contributed by atoms with Crippen LogP contribution in [-0.2, 0) is 20.7 Å². The summed E-state index contributed by atoms with van der Waals surface area (Å²) in [6.07, 6.45) is 0.376. The summed E-state index contributed by atoms with van der Waals surface area (Å²) in [5.74, 6) is -0.833. The number of nitrogens with two attached hydrogens (primary N) is 1. The molecule has 0 saturated heterocycles. The average Bonchev–Trinajstić information content (AvgIpc) is 2.38. The lowest BCUT2D eigenvalue weighted by molar-refractivity contribution is -0.147. The fourth-order valence-electron chi connectivity index (χ4n) is 1.63. The minimum Gasteiger partial charge on any atom is -0.464 e. The second-order valence-electron chi connectivity index (χ2n) is 5.19. The van der Waals surface area contributed by atoms with Gasteiger partial charge in [-0.3, -0.25) is 4.79 Å². The molecule has 20 heavy (non-hydrogen) atoms. The van der Waals surface area contributed by atoms with Crippen LogP contribution in [0.15, 0.2) is 30.3 Å². The maximum Gasteiger partial charge on any atom is 0.328 e. The average molecular weight is 278 g/mol. The van der Waals surface area contributed by atoms with E-state index in [1.165, 1.54) is 0 Å². The van der Waals surface area contributed by atoms with Crippen LogP contribution in [0.4, 0.5) is 0 Å². The third-order valence-corrected chi connectivity index (χ3v) is 2.74. The third-order valence-electron chi connectivity index (χ3n) is 2.74. The van der Waals surface area contributed by atoms with Crippen LogP contribution in [0.1, 0.15) is 26.3 Å². The number of amides is 1. The molecule has 1 rings (SSSR count). The molecule has 0 radical (unpaired) electrons. The molecule has 0 spiro atoms. The lowest BCUT2D eigenvalue weighted by Crippen LogP contribution is -2.54. The minimum absolute atomic E-state index is 0.270. The van der Waals surface area contributed by atoms with E-state index in [2.05, 4.69) is 5.32 Å². The summed E-state index contributed by atoms with van der Waals surface area (Å²) >= 11 is 0. The Balaban J connectivity index is 2.81. The Morgan fingerprint density at radius 1 is 1.30 bits per heavy atom. The summed E-state index contributed by atoms with van der Waals surface area (Å²) in [4.78, 5) is 23.9. The summed E-state index contributed by atoms with van der Waals surface area (Å²) in [7, 11) is 0. The van der Waals surface area contributed by atoms with Gasteiger partial charge in [-0.1, -0.05) is 30.3 Å². The highest BCUT2D eigenvalue weighted by atomic mass is 16.5. The van der Waals surface area contributed by atoms with E-state index in [1.807, 2.05) is 30.3 Å². The second-order valence-corrected chi connectivity index (χ2v) is 5.19. The highest BCUT2D eigenvalue weighted by molar-refractivity contribution is 5.89. The molecule has 1 aromatic rings. The predicted octanol–water partition coefficient (Wildman–Crippen LogP) is 1.01. The molecular formula is C15H22N2O3. The summed E-state index contributed by atoms with van der Waals surface area (Å²) in [6.45, 7) is 5.18. The molecule has 5 nitrogen and oxygen atoms in total. The minimum atomic E-state index is -1.04. The van der Waals surface area contributed by atoms with Gasteiger partial charge in [0, 0.05) is 6.42 Å². The first-order valence-electron chi connectivity index (χ1n) is 6.65. The van der Waals surface area contributed by atoms with Gasteiger partial charge < -0.3 is 15.8 Å². The van der Waals surface area contributed by atoms with Gasteiger partial charge in [-0.25, -0.2) is 4.79 Å². The number of benzene rings is 1. The number of ether oxygens (including phenoxy) is 1. The van der Waals surface area contributed by atoms with Gasteiger partial charge in [0.05, 0.1) is 12.1 Å². The van der Waals surface area contributed by atoms with Gasteiger partial charge in [-0.2, -0.15) is 0 Å². The fraction of sp³-hybridized carbons (Fsp3) is 0.467. The van der Waals surface area contributed by atoms with Crippen LogP contribution in [0.2, 0.25) is 0 Å². The molecule has 0 aliphatic rings. The fourth-order valence-corrected chi connectivity index (χ4v) is 1.63. The summed E-state index contributed by atoms with van der Waals surface area (Å²) in [5, 5.41) is 2.65. The molecule has 3 N–H and O–H groups in total. The number of esters is 1. The van der Waals surface area contributed by atoms with Crippen LogP contribution in [-0.4, -0.2) is 30.1 Å². The van der Waals surface area contributed by atoms with Gasteiger partial charge in [-0.15, -0.1) is 0 Å². The number of carbonyl (C=O) groups excluding carboxylic acids is 2. The van der Waals surface area contributed by atoms with E-state index in [4.69, 9.17) is 10.5 Å². The Labute approximate surface area is 119 Å². The van der Waals surface area contributed by atoms with E-state index >= 15 is 0 Å². The summed E-state index contributed by atoms with van der Waals surface area (Å²) in [6, 6.07) is 8.72. The Hall–Kier alpha value is -1.88. The monoisotopic (exact) mass is 278 g/mol. The number of hydrogen-bond acceptors (Lipinski definition) is 4. The Morgan fingerprint density at radius 3 is 2.40 bits per heavy atom. The number of hydrogen-bond donors (Lipinski definition) is 2. The van der Waals surface area contributed by atoms with E-state index in [0.29, 0.717) is 6.42 Å². The molecule has 1 aromatic carbocycles. The molecular weight excluding hydrogens is 256 g/mol. The highest BCUT2D eigenvalue weighted by Crippen LogP contribution is 2.06. The topological polar surface area (TPSA) is 81.4 Å². The largest absolute Gasteiger partial charge is 0.464 e. The van der Waals surface area contributed by atoms with E-state index in [9.17, 15) is 9.59 Å². The zero-order valence-corrected chi connectivity index (χ0v) is 12.2. The first kappa shape index (κ1) is 16.2. The number of nitrogens with one attached hydrogen (secondary N) is 1. The zero-order chi connectivity index (χ0) is 15.2. The van der Waals surface area contributed by atoms with Crippen molar-refractivity contribution in [1.82, 2.24) is 5.32 Å². The lowest BCUT2D eigenvalue weighted by Gasteiger charge is -2.23. The van der Waals surface area contributed by atoms with Crippen molar-refractivity contribution in [3.05, 3.63) is 35.9 Å². The van der Waals surface area contributed by atoms with Crippen molar-refractivity contribution in [3.8, 4) is 0 Å². The zero-order valence-electron chi connectivity index (χ0n) is 12.2. The van der Waals surface area contributed by atoms with Crippen molar-refractivity contribution in [2.24, 2.45) is 5.73 Å². The van der Waals surface area contributed by atoms with Crippen LogP contribution < -0.4 is 11.1 Å². The first-order chi connectivity index (χ1) is 9.34. The van der Waals surface area contributed by atoms with E-state index < -0.39 is 17.6 Å². The number of carbonyl (C=O) groups is 2. The van der Waals surface area contributed by atoms with Crippen LogP contribution in [0.25, 0.3) is 0 Å². The standard InChI is InChI=1S/C15H22N2O3/c1-4-20-13(18)12(17-14(19)15(2,3)16)10-11-8-6-5-7-9-11/h5-9,12H,4,10,16H2,1-3H3,(H,17,19)/t12-/m0/s1. The van der Waals surface area contributed by atoms with E-state index in [0.717, 1.165) is 5.56 Å². The maximum absolute atomic E-state index is 11.9. The quantitative estimate of drug-likeness (QED) is 0.761. The molecule has 0 aliphatic carbocycles.